The van der Waals surface area contributed by atoms with Crippen molar-refractivity contribution in [2.24, 2.45) is 0 Å². The van der Waals surface area contributed by atoms with Crippen molar-refractivity contribution in [1.29, 1.82) is 0 Å². The number of fused-ring (bicyclic) bond motifs is 1. The second-order valence-corrected chi connectivity index (χ2v) is 7.22. The van der Waals surface area contributed by atoms with Crippen molar-refractivity contribution in [2.45, 2.75) is 29.6 Å². The van der Waals surface area contributed by atoms with Crippen LogP contribution in [0.1, 0.15) is 13.3 Å². The van der Waals surface area contributed by atoms with Crippen molar-refractivity contribution in [3.8, 4) is 0 Å². The van der Waals surface area contributed by atoms with E-state index in [-0.39, 0.29) is 30.9 Å². The molecule has 2 atom stereocenters. The van der Waals surface area contributed by atoms with Crippen molar-refractivity contribution in [3.63, 3.8) is 0 Å². The SMILES string of the molecule is C[C@@H]1CN(C(=O)COC(=O)C[C@H]2Sc3ccccc3NC2=O)CCO1. The number of nitrogens with zero attached hydrogens (tertiary/aromatic N) is 1. The molecule has 1 aromatic rings. The van der Waals surface area contributed by atoms with Gasteiger partial charge in [0, 0.05) is 18.0 Å². The van der Waals surface area contributed by atoms with Gasteiger partial charge in [-0.1, -0.05) is 12.1 Å². The monoisotopic (exact) mass is 364 g/mol. The lowest BCUT2D eigenvalue weighted by Gasteiger charge is -2.31. The molecular formula is C17H20N2O5S. The molecule has 1 N–H and O–H groups in total. The summed E-state index contributed by atoms with van der Waals surface area (Å²) < 4.78 is 10.4. The summed E-state index contributed by atoms with van der Waals surface area (Å²) in [6.07, 6.45) is -0.0896. The summed E-state index contributed by atoms with van der Waals surface area (Å²) in [6.45, 7) is 3.06. The van der Waals surface area contributed by atoms with Crippen LogP contribution < -0.4 is 5.32 Å². The number of hydrogen-bond donors (Lipinski definition) is 1. The van der Waals surface area contributed by atoms with Gasteiger partial charge in [-0.05, 0) is 19.1 Å². The molecule has 3 rings (SSSR count). The zero-order valence-corrected chi connectivity index (χ0v) is 14.7. The lowest BCUT2D eigenvalue weighted by Crippen LogP contribution is -2.46. The second kappa shape index (κ2) is 7.88. The number of ether oxygens (including phenoxy) is 2. The van der Waals surface area contributed by atoms with Crippen molar-refractivity contribution < 1.29 is 23.9 Å². The van der Waals surface area contributed by atoms with Gasteiger partial charge in [-0.2, -0.15) is 0 Å². The number of carbonyl (C=O) groups excluding carboxylic acids is 3. The first-order valence-corrected chi connectivity index (χ1v) is 9.02. The largest absolute Gasteiger partial charge is 0.456 e. The number of rotatable bonds is 4. The highest BCUT2D eigenvalue weighted by Crippen LogP contribution is 2.36. The Morgan fingerprint density at radius 3 is 3.00 bits per heavy atom. The third-order valence-electron chi connectivity index (χ3n) is 4.01. The Kier molecular flexibility index (Phi) is 5.60. The van der Waals surface area contributed by atoms with Crippen molar-refractivity contribution in [2.75, 3.05) is 31.6 Å². The highest BCUT2D eigenvalue weighted by Gasteiger charge is 2.30. The first-order chi connectivity index (χ1) is 12.0. The number of carbonyl (C=O) groups is 3. The summed E-state index contributed by atoms with van der Waals surface area (Å²) in [5.74, 6) is -1.02. The molecule has 2 amide bonds. The molecule has 0 aromatic heterocycles. The first kappa shape index (κ1) is 17.8. The Morgan fingerprint density at radius 2 is 2.20 bits per heavy atom. The van der Waals surface area contributed by atoms with Crippen LogP contribution in [0, 0.1) is 0 Å². The van der Waals surface area contributed by atoms with E-state index in [9.17, 15) is 14.4 Å². The Bertz CT molecular complexity index is 681. The maximum atomic E-state index is 12.1. The van der Waals surface area contributed by atoms with Crippen LogP contribution in [0.15, 0.2) is 29.2 Å². The van der Waals surface area contributed by atoms with Gasteiger partial charge >= 0.3 is 5.97 Å². The van der Waals surface area contributed by atoms with Gasteiger partial charge < -0.3 is 19.7 Å². The Labute approximate surface area is 150 Å². The number of hydrogen-bond acceptors (Lipinski definition) is 6. The number of nitrogens with one attached hydrogen (secondary N) is 1. The van der Waals surface area contributed by atoms with Crippen LogP contribution in [-0.4, -0.2) is 60.3 Å². The van der Waals surface area contributed by atoms with E-state index in [1.54, 1.807) is 4.90 Å². The van der Waals surface area contributed by atoms with Crippen LogP contribution in [0.25, 0.3) is 0 Å². The summed E-state index contributed by atoms with van der Waals surface area (Å²) in [5.41, 5.74) is 0.749. The highest BCUT2D eigenvalue weighted by molar-refractivity contribution is 8.01. The minimum atomic E-state index is -0.555. The quantitative estimate of drug-likeness (QED) is 0.810. The molecule has 0 spiro atoms. The summed E-state index contributed by atoms with van der Waals surface area (Å²) in [6, 6.07) is 7.42. The molecule has 0 bridgehead atoms. The van der Waals surface area contributed by atoms with E-state index in [1.165, 1.54) is 11.8 Å². The maximum absolute atomic E-state index is 12.1. The molecule has 25 heavy (non-hydrogen) atoms. The van der Waals surface area contributed by atoms with Crippen LogP contribution in [0.4, 0.5) is 5.69 Å². The fraction of sp³-hybridized carbons (Fsp3) is 0.471. The zero-order valence-electron chi connectivity index (χ0n) is 13.9. The highest BCUT2D eigenvalue weighted by atomic mass is 32.2. The molecule has 0 unspecified atom stereocenters. The molecular weight excluding hydrogens is 344 g/mol. The molecule has 0 saturated carbocycles. The van der Waals surface area contributed by atoms with Gasteiger partial charge in [0.25, 0.3) is 5.91 Å². The van der Waals surface area contributed by atoms with Crippen LogP contribution in [0.2, 0.25) is 0 Å². The van der Waals surface area contributed by atoms with Gasteiger partial charge in [-0.3, -0.25) is 14.4 Å². The Morgan fingerprint density at radius 1 is 1.40 bits per heavy atom. The maximum Gasteiger partial charge on any atom is 0.307 e. The van der Waals surface area contributed by atoms with Crippen LogP contribution in [0.3, 0.4) is 0 Å². The van der Waals surface area contributed by atoms with Gasteiger partial charge in [-0.15, -0.1) is 11.8 Å². The number of thioether (sulfide) groups is 1. The molecule has 1 aromatic carbocycles. The fourth-order valence-corrected chi connectivity index (χ4v) is 3.81. The topological polar surface area (TPSA) is 84.9 Å². The Hall–Kier alpha value is -2.06. The van der Waals surface area contributed by atoms with E-state index < -0.39 is 11.2 Å². The summed E-state index contributed by atoms with van der Waals surface area (Å²) >= 11 is 1.33. The first-order valence-electron chi connectivity index (χ1n) is 8.14. The predicted octanol–water partition coefficient (Wildman–Crippen LogP) is 1.28. The van der Waals surface area contributed by atoms with Crippen LogP contribution in [-0.2, 0) is 23.9 Å². The van der Waals surface area contributed by atoms with E-state index in [0.29, 0.717) is 19.7 Å². The van der Waals surface area contributed by atoms with E-state index in [2.05, 4.69) is 5.32 Å². The molecule has 2 aliphatic heterocycles. The standard InChI is InChI=1S/C17H20N2O5S/c1-11-9-19(6-7-23-11)15(20)10-24-16(21)8-14-17(22)18-12-4-2-3-5-13(12)25-14/h2-5,11,14H,6-10H2,1H3,(H,18,22)/t11-,14-/m1/s1. The smallest absolute Gasteiger partial charge is 0.307 e. The molecule has 2 aliphatic rings. The molecule has 0 aliphatic carbocycles. The van der Waals surface area contributed by atoms with Gasteiger partial charge in [0.15, 0.2) is 6.61 Å². The third kappa shape index (κ3) is 4.52. The van der Waals surface area contributed by atoms with E-state index in [1.807, 2.05) is 31.2 Å². The molecule has 1 fully saturated rings. The number of benzene rings is 1. The molecule has 2 heterocycles. The van der Waals surface area contributed by atoms with Gasteiger partial charge in [0.1, 0.15) is 0 Å². The lowest BCUT2D eigenvalue weighted by atomic mass is 10.2. The predicted molar refractivity (Wildman–Crippen MR) is 92.3 cm³/mol. The fourth-order valence-electron chi connectivity index (χ4n) is 2.72. The molecule has 7 nitrogen and oxygen atoms in total. The molecule has 1 saturated heterocycles. The van der Waals surface area contributed by atoms with E-state index in [0.717, 1.165) is 10.6 Å². The number of esters is 1. The third-order valence-corrected chi connectivity index (χ3v) is 5.28. The molecule has 0 radical (unpaired) electrons. The number of morpholine rings is 1. The normalized spacial score (nSPS) is 22.8. The number of anilines is 1. The van der Waals surface area contributed by atoms with Crippen molar-refractivity contribution in [3.05, 3.63) is 24.3 Å². The van der Waals surface area contributed by atoms with Gasteiger partial charge in [0.2, 0.25) is 5.91 Å². The van der Waals surface area contributed by atoms with Gasteiger partial charge in [0.05, 0.1) is 30.1 Å². The van der Waals surface area contributed by atoms with E-state index in [4.69, 9.17) is 9.47 Å². The number of amides is 2. The average molecular weight is 364 g/mol. The summed E-state index contributed by atoms with van der Waals surface area (Å²) in [4.78, 5) is 38.7. The van der Waals surface area contributed by atoms with E-state index >= 15 is 0 Å². The van der Waals surface area contributed by atoms with Crippen molar-refractivity contribution >= 4 is 35.2 Å². The van der Waals surface area contributed by atoms with Gasteiger partial charge in [-0.25, -0.2) is 0 Å². The minimum absolute atomic E-state index is 0.0178. The van der Waals surface area contributed by atoms with Crippen LogP contribution in [0.5, 0.6) is 0 Å². The Balaban J connectivity index is 1.48. The van der Waals surface area contributed by atoms with Crippen LogP contribution >= 0.6 is 11.8 Å². The van der Waals surface area contributed by atoms with Crippen molar-refractivity contribution in [1.82, 2.24) is 4.90 Å². The second-order valence-electron chi connectivity index (χ2n) is 5.98. The molecule has 8 heteroatoms. The average Bonchev–Trinajstić information content (AvgIpc) is 2.60. The minimum Gasteiger partial charge on any atom is -0.456 e. The zero-order chi connectivity index (χ0) is 17.8. The summed E-state index contributed by atoms with van der Waals surface area (Å²) in [7, 11) is 0. The molecule has 134 valence electrons. The number of para-hydroxylation sites is 1. The summed E-state index contributed by atoms with van der Waals surface area (Å²) in [5, 5.41) is 2.23. The lowest BCUT2D eigenvalue weighted by molar-refractivity contribution is -0.155.